The van der Waals surface area contributed by atoms with Crippen molar-refractivity contribution >= 4 is 16.9 Å². The molecule has 32 heavy (non-hydrogen) atoms. The van der Waals surface area contributed by atoms with E-state index >= 15 is 0 Å². The number of hydrogen-bond acceptors (Lipinski definition) is 4. The van der Waals surface area contributed by atoms with E-state index in [0.717, 1.165) is 42.0 Å². The first kappa shape index (κ1) is 21.6. The van der Waals surface area contributed by atoms with E-state index in [4.69, 9.17) is 9.72 Å². The first-order valence-corrected chi connectivity index (χ1v) is 11.0. The van der Waals surface area contributed by atoms with Crippen LogP contribution < -0.4 is 10.1 Å². The van der Waals surface area contributed by atoms with E-state index in [1.807, 2.05) is 30.3 Å². The van der Waals surface area contributed by atoms with Gasteiger partial charge in [-0.25, -0.2) is 4.98 Å². The van der Waals surface area contributed by atoms with Gasteiger partial charge in [-0.15, -0.1) is 0 Å². The average Bonchev–Trinajstić information content (AvgIpc) is 3.17. The summed E-state index contributed by atoms with van der Waals surface area (Å²) in [5.74, 6) is 1.79. The molecular weight excluding hydrogens is 400 g/mol. The first-order valence-electron chi connectivity index (χ1n) is 11.0. The van der Waals surface area contributed by atoms with E-state index in [0.29, 0.717) is 25.1 Å². The largest absolute Gasteiger partial charge is 0.494 e. The van der Waals surface area contributed by atoms with Crippen molar-refractivity contribution in [3.63, 3.8) is 0 Å². The van der Waals surface area contributed by atoms with Crippen molar-refractivity contribution < 1.29 is 9.53 Å². The van der Waals surface area contributed by atoms with E-state index in [9.17, 15) is 4.79 Å². The molecule has 0 spiro atoms. The molecule has 0 bridgehead atoms. The lowest BCUT2D eigenvalue weighted by molar-refractivity contribution is 0.0953. The molecule has 2 aromatic carbocycles. The molecule has 2 heterocycles. The summed E-state index contributed by atoms with van der Waals surface area (Å²) in [5, 5.41) is 2.97. The Morgan fingerprint density at radius 1 is 1.06 bits per heavy atom. The number of para-hydroxylation sites is 2. The highest BCUT2D eigenvalue weighted by atomic mass is 16.5. The van der Waals surface area contributed by atoms with Crippen LogP contribution in [0.5, 0.6) is 5.75 Å². The number of aryl methyl sites for hydroxylation is 2. The van der Waals surface area contributed by atoms with Crippen molar-refractivity contribution in [2.24, 2.45) is 0 Å². The van der Waals surface area contributed by atoms with Crippen LogP contribution in [0.15, 0.2) is 73.1 Å². The van der Waals surface area contributed by atoms with Gasteiger partial charge in [-0.2, -0.15) is 0 Å². The van der Waals surface area contributed by atoms with Crippen LogP contribution in [0.3, 0.4) is 0 Å². The van der Waals surface area contributed by atoms with Crippen LogP contribution in [-0.2, 0) is 13.0 Å². The number of carbonyl (C=O) groups excluding carboxylic acids is 1. The van der Waals surface area contributed by atoms with Crippen LogP contribution in [0.2, 0.25) is 0 Å². The number of imidazole rings is 1. The number of nitrogens with zero attached hydrogens (tertiary/aromatic N) is 3. The Kier molecular flexibility index (Phi) is 7.12. The summed E-state index contributed by atoms with van der Waals surface area (Å²) < 4.78 is 8.14. The molecule has 0 aliphatic carbocycles. The van der Waals surface area contributed by atoms with Crippen molar-refractivity contribution in [3.8, 4) is 5.75 Å². The number of carbonyl (C=O) groups is 1. The van der Waals surface area contributed by atoms with Gasteiger partial charge in [0.1, 0.15) is 11.6 Å². The Morgan fingerprint density at radius 2 is 1.97 bits per heavy atom. The minimum atomic E-state index is -0.117. The lowest BCUT2D eigenvalue weighted by Crippen LogP contribution is -2.26. The average molecular weight is 429 g/mol. The molecule has 4 rings (SSSR count). The third-order valence-electron chi connectivity index (χ3n) is 5.33. The van der Waals surface area contributed by atoms with E-state index in [1.165, 1.54) is 5.56 Å². The van der Waals surface area contributed by atoms with Gasteiger partial charge in [0.25, 0.3) is 5.91 Å². The second kappa shape index (κ2) is 10.6. The third kappa shape index (κ3) is 5.52. The van der Waals surface area contributed by atoms with Crippen molar-refractivity contribution in [3.05, 3.63) is 90.0 Å². The monoisotopic (exact) mass is 428 g/mol. The zero-order chi connectivity index (χ0) is 22.2. The SMILES string of the molecule is Cc1cccc(OCCCCn2c(CCNC(=O)c3cccnc3)nc3ccccc32)c1. The number of nitrogens with one attached hydrogen (secondary N) is 1. The second-order valence-corrected chi connectivity index (χ2v) is 7.79. The summed E-state index contributed by atoms with van der Waals surface area (Å²) in [4.78, 5) is 21.1. The minimum absolute atomic E-state index is 0.117. The van der Waals surface area contributed by atoms with E-state index in [2.05, 4.69) is 40.0 Å². The summed E-state index contributed by atoms with van der Waals surface area (Å²) in [6.07, 6.45) is 5.84. The maximum atomic E-state index is 12.3. The van der Waals surface area contributed by atoms with Crippen LogP contribution in [0.4, 0.5) is 0 Å². The second-order valence-electron chi connectivity index (χ2n) is 7.79. The number of hydrogen-bond donors (Lipinski definition) is 1. The van der Waals surface area contributed by atoms with Gasteiger partial charge < -0.3 is 14.6 Å². The molecule has 0 radical (unpaired) electrons. The number of amides is 1. The van der Waals surface area contributed by atoms with E-state index in [-0.39, 0.29) is 5.91 Å². The molecule has 0 aliphatic heterocycles. The number of rotatable bonds is 10. The Bertz CT molecular complexity index is 1170. The van der Waals surface area contributed by atoms with Crippen LogP contribution in [0.25, 0.3) is 11.0 Å². The minimum Gasteiger partial charge on any atom is -0.494 e. The van der Waals surface area contributed by atoms with Crippen molar-refractivity contribution in [1.82, 2.24) is 19.9 Å². The highest BCUT2D eigenvalue weighted by molar-refractivity contribution is 5.93. The van der Waals surface area contributed by atoms with Gasteiger partial charge in [-0.3, -0.25) is 9.78 Å². The molecule has 0 saturated carbocycles. The maximum absolute atomic E-state index is 12.3. The summed E-state index contributed by atoms with van der Waals surface area (Å²) in [6.45, 7) is 4.14. The number of pyridine rings is 1. The van der Waals surface area contributed by atoms with Crippen molar-refractivity contribution in [2.45, 2.75) is 32.7 Å². The molecule has 1 N–H and O–H groups in total. The van der Waals surface area contributed by atoms with E-state index in [1.54, 1.807) is 24.5 Å². The first-order chi connectivity index (χ1) is 15.7. The number of unbranched alkanes of at least 4 members (excludes halogenated alkanes) is 1. The van der Waals surface area contributed by atoms with Gasteiger partial charge in [0, 0.05) is 31.9 Å². The fraction of sp³-hybridized carbons (Fsp3) is 0.269. The molecule has 164 valence electrons. The maximum Gasteiger partial charge on any atom is 0.252 e. The number of aromatic nitrogens is 3. The quantitative estimate of drug-likeness (QED) is 0.376. The molecule has 1 amide bonds. The standard InChI is InChI=1S/C26H28N4O2/c1-20-8-6-10-22(18-20)32-17-5-4-16-30-24-12-3-2-11-23(24)29-25(30)13-15-28-26(31)21-9-7-14-27-19-21/h2-3,6-12,14,18-19H,4-5,13,15-17H2,1H3,(H,28,31). The molecular formula is C26H28N4O2. The van der Waals surface area contributed by atoms with Crippen molar-refractivity contribution in [2.75, 3.05) is 13.2 Å². The fourth-order valence-electron chi connectivity index (χ4n) is 3.72. The highest BCUT2D eigenvalue weighted by Gasteiger charge is 2.11. The predicted molar refractivity (Wildman–Crippen MR) is 126 cm³/mol. The molecule has 0 atom stereocenters. The van der Waals surface area contributed by atoms with Gasteiger partial charge in [-0.05, 0) is 61.7 Å². The molecule has 6 heteroatoms. The van der Waals surface area contributed by atoms with Crippen LogP contribution in [-0.4, -0.2) is 33.6 Å². The molecule has 0 aliphatic rings. The van der Waals surface area contributed by atoms with Gasteiger partial charge in [0.15, 0.2) is 0 Å². The molecule has 0 saturated heterocycles. The van der Waals surface area contributed by atoms with Crippen LogP contribution >= 0.6 is 0 Å². The topological polar surface area (TPSA) is 69.0 Å². The summed E-state index contributed by atoms with van der Waals surface area (Å²) in [5.41, 5.74) is 3.88. The summed E-state index contributed by atoms with van der Waals surface area (Å²) >= 11 is 0. The van der Waals surface area contributed by atoms with Crippen LogP contribution in [0.1, 0.15) is 34.6 Å². The Morgan fingerprint density at radius 3 is 2.81 bits per heavy atom. The number of ether oxygens (including phenoxy) is 1. The normalized spacial score (nSPS) is 10.9. The predicted octanol–water partition coefficient (Wildman–Crippen LogP) is 4.57. The molecule has 6 nitrogen and oxygen atoms in total. The Balaban J connectivity index is 1.33. The third-order valence-corrected chi connectivity index (χ3v) is 5.33. The van der Waals surface area contributed by atoms with E-state index < -0.39 is 0 Å². The zero-order valence-corrected chi connectivity index (χ0v) is 18.3. The van der Waals surface area contributed by atoms with Gasteiger partial charge in [0.05, 0.1) is 23.2 Å². The smallest absolute Gasteiger partial charge is 0.252 e. The van der Waals surface area contributed by atoms with Gasteiger partial charge in [-0.1, -0.05) is 24.3 Å². The Labute approximate surface area is 188 Å². The van der Waals surface area contributed by atoms with Gasteiger partial charge >= 0.3 is 0 Å². The fourth-order valence-corrected chi connectivity index (χ4v) is 3.72. The molecule has 2 aromatic heterocycles. The summed E-state index contributed by atoms with van der Waals surface area (Å²) in [7, 11) is 0. The lowest BCUT2D eigenvalue weighted by Gasteiger charge is -2.11. The highest BCUT2D eigenvalue weighted by Crippen LogP contribution is 2.18. The van der Waals surface area contributed by atoms with Crippen LogP contribution in [0, 0.1) is 6.92 Å². The molecule has 0 fully saturated rings. The molecule has 0 unspecified atom stereocenters. The Hall–Kier alpha value is -3.67. The van der Waals surface area contributed by atoms with Gasteiger partial charge in [0.2, 0.25) is 0 Å². The van der Waals surface area contributed by atoms with Crippen molar-refractivity contribution in [1.29, 1.82) is 0 Å². The molecule has 4 aromatic rings. The lowest BCUT2D eigenvalue weighted by atomic mass is 10.2. The number of benzene rings is 2. The zero-order valence-electron chi connectivity index (χ0n) is 18.3. The number of fused-ring (bicyclic) bond motifs is 1. The summed E-state index contributed by atoms with van der Waals surface area (Å²) in [6, 6.07) is 19.8.